The minimum absolute atomic E-state index is 0.0486. The van der Waals surface area contributed by atoms with E-state index in [1.807, 2.05) is 6.92 Å². The monoisotopic (exact) mass is 265 g/mol. The Morgan fingerprint density at radius 3 is 2.83 bits per heavy atom. The van der Waals surface area contributed by atoms with Crippen LogP contribution in [-0.4, -0.2) is 27.5 Å². The van der Waals surface area contributed by atoms with Crippen molar-refractivity contribution in [2.45, 2.75) is 24.5 Å². The predicted molar refractivity (Wildman–Crippen MR) is 72.1 cm³/mol. The molecule has 1 saturated heterocycles. The lowest BCUT2D eigenvalue weighted by Crippen LogP contribution is -2.34. The van der Waals surface area contributed by atoms with Gasteiger partial charge in [-0.25, -0.2) is 4.79 Å². The molecule has 2 N–H and O–H groups in total. The van der Waals surface area contributed by atoms with Crippen molar-refractivity contribution in [3.8, 4) is 0 Å². The van der Waals surface area contributed by atoms with Crippen LogP contribution in [0.1, 0.15) is 30.1 Å². The van der Waals surface area contributed by atoms with E-state index in [4.69, 9.17) is 5.11 Å². The molecule has 1 unspecified atom stereocenters. The van der Waals surface area contributed by atoms with E-state index in [2.05, 4.69) is 5.32 Å². The van der Waals surface area contributed by atoms with Crippen molar-refractivity contribution in [2.75, 3.05) is 11.1 Å². The Balaban J connectivity index is 2.11. The average molecular weight is 265 g/mol. The van der Waals surface area contributed by atoms with Crippen molar-refractivity contribution in [2.24, 2.45) is 0 Å². The molecule has 1 aromatic rings. The van der Waals surface area contributed by atoms with Gasteiger partial charge in [-0.3, -0.25) is 4.79 Å². The standard InChI is InChI=1S/C13H15NO3S/c1-13(6-3-7-18-13)12(17)14-10-5-2-4-9(8-10)11(15)16/h2,4-5,8H,3,6-7H2,1H3,(H,14,17)(H,15,16). The van der Waals surface area contributed by atoms with E-state index in [9.17, 15) is 9.59 Å². The fourth-order valence-corrected chi connectivity index (χ4v) is 3.16. The molecular formula is C13H15NO3S. The van der Waals surface area contributed by atoms with Gasteiger partial charge < -0.3 is 10.4 Å². The number of carbonyl (C=O) groups excluding carboxylic acids is 1. The topological polar surface area (TPSA) is 66.4 Å². The zero-order chi connectivity index (χ0) is 13.2. The van der Waals surface area contributed by atoms with Gasteiger partial charge in [0.1, 0.15) is 0 Å². The first-order valence-corrected chi connectivity index (χ1v) is 6.79. The molecule has 0 aromatic heterocycles. The highest BCUT2D eigenvalue weighted by Crippen LogP contribution is 2.38. The Bertz CT molecular complexity index is 481. The molecule has 4 nitrogen and oxygen atoms in total. The maximum absolute atomic E-state index is 12.1. The second kappa shape index (κ2) is 5.02. The van der Waals surface area contributed by atoms with Gasteiger partial charge in [0, 0.05) is 5.69 Å². The van der Waals surface area contributed by atoms with Gasteiger partial charge in [-0.05, 0) is 43.7 Å². The van der Waals surface area contributed by atoms with Crippen molar-refractivity contribution >= 4 is 29.3 Å². The number of carboxylic acids is 1. The van der Waals surface area contributed by atoms with Crippen LogP contribution in [0.5, 0.6) is 0 Å². The van der Waals surface area contributed by atoms with Crippen LogP contribution in [0.25, 0.3) is 0 Å². The highest BCUT2D eigenvalue weighted by molar-refractivity contribution is 8.01. The van der Waals surface area contributed by atoms with E-state index in [0.717, 1.165) is 18.6 Å². The number of nitrogens with one attached hydrogen (secondary N) is 1. The average Bonchev–Trinajstić information content (AvgIpc) is 2.78. The first-order valence-electron chi connectivity index (χ1n) is 5.80. The van der Waals surface area contributed by atoms with Gasteiger partial charge in [-0.15, -0.1) is 11.8 Å². The lowest BCUT2D eigenvalue weighted by Gasteiger charge is -2.21. The van der Waals surface area contributed by atoms with Crippen molar-refractivity contribution < 1.29 is 14.7 Å². The number of thioether (sulfide) groups is 1. The lowest BCUT2D eigenvalue weighted by molar-refractivity contribution is -0.118. The molecule has 5 heteroatoms. The first-order chi connectivity index (χ1) is 8.51. The van der Waals surface area contributed by atoms with Crippen molar-refractivity contribution in [1.29, 1.82) is 0 Å². The minimum atomic E-state index is -0.993. The molecule has 18 heavy (non-hydrogen) atoms. The number of benzene rings is 1. The number of carbonyl (C=O) groups is 2. The van der Waals surface area contributed by atoms with Gasteiger partial charge in [0.05, 0.1) is 10.3 Å². The summed E-state index contributed by atoms with van der Waals surface area (Å²) in [6, 6.07) is 6.31. The van der Waals surface area contributed by atoms with E-state index >= 15 is 0 Å². The summed E-state index contributed by atoms with van der Waals surface area (Å²) in [5.74, 6) is -0.0425. The molecule has 96 valence electrons. The largest absolute Gasteiger partial charge is 0.478 e. The maximum Gasteiger partial charge on any atom is 0.335 e. The van der Waals surface area contributed by atoms with Gasteiger partial charge in [-0.1, -0.05) is 6.07 Å². The van der Waals surface area contributed by atoms with Crippen LogP contribution in [0.3, 0.4) is 0 Å². The van der Waals surface area contributed by atoms with Gasteiger partial charge in [-0.2, -0.15) is 0 Å². The second-order valence-corrected chi connectivity index (χ2v) is 6.12. The van der Waals surface area contributed by atoms with Crippen LogP contribution in [0, 0.1) is 0 Å². The van der Waals surface area contributed by atoms with Gasteiger partial charge in [0.2, 0.25) is 5.91 Å². The van der Waals surface area contributed by atoms with Crippen molar-refractivity contribution in [3.63, 3.8) is 0 Å². The summed E-state index contributed by atoms with van der Waals surface area (Å²) in [6.07, 6.45) is 1.91. The van der Waals surface area contributed by atoms with E-state index in [1.54, 1.807) is 23.9 Å². The molecule has 1 aliphatic rings. The summed E-state index contributed by atoms with van der Waals surface area (Å²) < 4.78 is -0.390. The van der Waals surface area contributed by atoms with Crippen LogP contribution in [0.2, 0.25) is 0 Å². The van der Waals surface area contributed by atoms with Crippen LogP contribution in [-0.2, 0) is 4.79 Å². The van der Waals surface area contributed by atoms with E-state index in [-0.39, 0.29) is 16.2 Å². The number of aromatic carboxylic acids is 1. The van der Waals surface area contributed by atoms with Gasteiger partial charge >= 0.3 is 5.97 Å². The molecule has 0 spiro atoms. The number of hydrogen-bond donors (Lipinski definition) is 2. The lowest BCUT2D eigenvalue weighted by atomic mass is 10.0. The Morgan fingerprint density at radius 2 is 2.22 bits per heavy atom. The fourth-order valence-electron chi connectivity index (χ4n) is 1.95. The molecule has 0 aliphatic carbocycles. The normalized spacial score (nSPS) is 22.7. The van der Waals surface area contributed by atoms with E-state index in [1.165, 1.54) is 12.1 Å². The molecule has 1 heterocycles. The van der Waals surface area contributed by atoms with Crippen LogP contribution >= 0.6 is 11.8 Å². The molecule has 0 saturated carbocycles. The third-order valence-electron chi connectivity index (χ3n) is 3.07. The Morgan fingerprint density at radius 1 is 1.44 bits per heavy atom. The molecule has 2 rings (SSSR count). The van der Waals surface area contributed by atoms with Crippen molar-refractivity contribution in [3.05, 3.63) is 29.8 Å². The number of carboxylic acid groups (broad SMARTS) is 1. The summed E-state index contributed by atoms with van der Waals surface area (Å²) >= 11 is 1.65. The summed E-state index contributed by atoms with van der Waals surface area (Å²) in [5.41, 5.74) is 0.714. The third kappa shape index (κ3) is 2.67. The van der Waals surface area contributed by atoms with Gasteiger partial charge in [0.25, 0.3) is 0 Å². The van der Waals surface area contributed by atoms with Crippen LogP contribution in [0.15, 0.2) is 24.3 Å². The first kappa shape index (κ1) is 13.0. The van der Waals surface area contributed by atoms with Gasteiger partial charge in [0.15, 0.2) is 0 Å². The highest BCUT2D eigenvalue weighted by atomic mass is 32.2. The van der Waals surface area contributed by atoms with E-state index in [0.29, 0.717) is 5.69 Å². The SMILES string of the molecule is CC1(C(=O)Nc2cccc(C(=O)O)c2)CCCS1. The summed E-state index contributed by atoms with van der Waals surface area (Å²) in [5, 5.41) is 11.7. The molecular weight excluding hydrogens is 250 g/mol. The molecule has 1 atom stereocenters. The summed E-state index contributed by atoms with van der Waals surface area (Å²) in [4.78, 5) is 23.0. The van der Waals surface area contributed by atoms with Crippen molar-refractivity contribution in [1.82, 2.24) is 0 Å². The fraction of sp³-hybridized carbons (Fsp3) is 0.385. The third-order valence-corrected chi connectivity index (χ3v) is 4.59. The van der Waals surface area contributed by atoms with Crippen LogP contribution in [0.4, 0.5) is 5.69 Å². The Kier molecular flexibility index (Phi) is 3.61. The smallest absolute Gasteiger partial charge is 0.335 e. The van der Waals surface area contributed by atoms with E-state index < -0.39 is 5.97 Å². The summed E-state index contributed by atoms with van der Waals surface area (Å²) in [7, 11) is 0. The Hall–Kier alpha value is -1.49. The summed E-state index contributed by atoms with van der Waals surface area (Å²) in [6.45, 7) is 1.93. The number of rotatable bonds is 3. The highest BCUT2D eigenvalue weighted by Gasteiger charge is 2.37. The molecule has 1 aliphatic heterocycles. The minimum Gasteiger partial charge on any atom is -0.478 e. The quantitative estimate of drug-likeness (QED) is 0.881. The molecule has 1 amide bonds. The number of amides is 1. The Labute approximate surface area is 110 Å². The molecule has 1 fully saturated rings. The predicted octanol–water partition coefficient (Wildman–Crippen LogP) is 2.61. The molecule has 1 aromatic carbocycles. The molecule has 0 bridgehead atoms. The second-order valence-electron chi connectivity index (χ2n) is 4.52. The zero-order valence-corrected chi connectivity index (χ0v) is 10.9. The maximum atomic E-state index is 12.1. The molecule has 0 radical (unpaired) electrons. The number of hydrogen-bond acceptors (Lipinski definition) is 3. The zero-order valence-electron chi connectivity index (χ0n) is 10.1. The van der Waals surface area contributed by atoms with Crippen LogP contribution < -0.4 is 5.32 Å². The number of anilines is 1.